The Morgan fingerprint density at radius 1 is 1.06 bits per heavy atom. The smallest absolute Gasteiger partial charge is 0.177 e. The number of aromatic nitrogens is 3. The van der Waals surface area contributed by atoms with Crippen molar-refractivity contribution in [2.24, 2.45) is 0 Å². The molecule has 0 spiro atoms. The number of rotatable bonds is 1. The van der Waals surface area contributed by atoms with Crippen LogP contribution in [0.4, 0.5) is 4.39 Å². The molecule has 0 aliphatic heterocycles. The number of halogens is 1. The number of H-pyrrole nitrogens is 1. The maximum Gasteiger partial charge on any atom is 0.177 e. The Labute approximate surface area is 104 Å². The number of aryl methyl sites for hydroxylation is 2. The molecule has 2 aromatic heterocycles. The largest absolute Gasteiger partial charge is 0.341 e. The van der Waals surface area contributed by atoms with Gasteiger partial charge in [-0.2, -0.15) is 0 Å². The van der Waals surface area contributed by atoms with Crippen molar-refractivity contribution >= 4 is 11.2 Å². The highest BCUT2D eigenvalue weighted by atomic mass is 19.1. The number of nitrogens with one attached hydrogen (secondary N) is 1. The van der Waals surface area contributed by atoms with Gasteiger partial charge in [-0.3, -0.25) is 0 Å². The monoisotopic (exact) mass is 241 g/mol. The van der Waals surface area contributed by atoms with Gasteiger partial charge < -0.3 is 4.98 Å². The van der Waals surface area contributed by atoms with E-state index in [1.807, 2.05) is 26.0 Å². The number of benzene rings is 1. The van der Waals surface area contributed by atoms with Crippen molar-refractivity contribution < 1.29 is 4.39 Å². The summed E-state index contributed by atoms with van der Waals surface area (Å²) >= 11 is 0. The van der Waals surface area contributed by atoms with Crippen LogP contribution in [0, 0.1) is 19.7 Å². The molecule has 3 aromatic rings. The van der Waals surface area contributed by atoms with Crippen LogP contribution in [0.1, 0.15) is 11.4 Å². The maximum atomic E-state index is 13.4. The van der Waals surface area contributed by atoms with E-state index in [1.165, 1.54) is 12.1 Å². The number of hydrogen-bond acceptors (Lipinski definition) is 2. The van der Waals surface area contributed by atoms with Gasteiger partial charge >= 0.3 is 0 Å². The molecule has 3 nitrogen and oxygen atoms in total. The minimum absolute atomic E-state index is 0.231. The van der Waals surface area contributed by atoms with Crippen molar-refractivity contribution in [1.82, 2.24) is 15.0 Å². The number of hydrogen-bond donors (Lipinski definition) is 1. The molecular formula is C14H12FN3. The predicted molar refractivity (Wildman–Crippen MR) is 68.8 cm³/mol. The summed E-state index contributed by atoms with van der Waals surface area (Å²) in [6.07, 6.45) is 1.72. The highest BCUT2D eigenvalue weighted by Gasteiger charge is 2.05. The van der Waals surface area contributed by atoms with E-state index in [0.717, 1.165) is 28.0 Å². The molecular weight excluding hydrogens is 229 g/mol. The van der Waals surface area contributed by atoms with E-state index in [0.29, 0.717) is 5.65 Å². The Bertz CT molecular complexity index is 711. The summed E-state index contributed by atoms with van der Waals surface area (Å²) in [6.45, 7) is 3.76. The predicted octanol–water partition coefficient (Wildman–Crippen LogP) is 3.38. The molecule has 4 heteroatoms. The quantitative estimate of drug-likeness (QED) is 0.709. The molecule has 0 atom stereocenters. The first kappa shape index (κ1) is 10.9. The Morgan fingerprint density at radius 2 is 1.89 bits per heavy atom. The molecule has 0 aliphatic rings. The van der Waals surface area contributed by atoms with Gasteiger partial charge in [-0.25, -0.2) is 14.4 Å². The van der Waals surface area contributed by atoms with Crippen LogP contribution in [0.3, 0.4) is 0 Å². The molecule has 18 heavy (non-hydrogen) atoms. The minimum Gasteiger partial charge on any atom is -0.341 e. The van der Waals surface area contributed by atoms with Crippen molar-refractivity contribution in [1.29, 1.82) is 0 Å². The Morgan fingerprint density at radius 3 is 2.67 bits per heavy atom. The summed E-state index contributed by atoms with van der Waals surface area (Å²) in [5, 5.41) is 0. The topological polar surface area (TPSA) is 41.6 Å². The summed E-state index contributed by atoms with van der Waals surface area (Å²) in [5.41, 5.74) is 4.16. The zero-order valence-electron chi connectivity index (χ0n) is 10.2. The molecule has 0 saturated carbocycles. The summed E-state index contributed by atoms with van der Waals surface area (Å²) < 4.78 is 13.4. The van der Waals surface area contributed by atoms with Crippen LogP contribution in [-0.2, 0) is 0 Å². The van der Waals surface area contributed by atoms with Crippen molar-refractivity contribution in [2.75, 3.05) is 0 Å². The number of aromatic amines is 1. The SMILES string of the molecule is Cc1cc(F)cc(-c2cnc3nc(C)[nH]c3c2)c1. The summed E-state index contributed by atoms with van der Waals surface area (Å²) in [6, 6.07) is 6.90. The summed E-state index contributed by atoms with van der Waals surface area (Å²) in [4.78, 5) is 11.6. The third-order valence-corrected chi connectivity index (χ3v) is 2.83. The fraction of sp³-hybridized carbons (Fsp3) is 0.143. The van der Waals surface area contributed by atoms with E-state index in [9.17, 15) is 4.39 Å². The molecule has 0 aliphatic carbocycles. The molecule has 0 fully saturated rings. The standard InChI is InChI=1S/C14H12FN3/c1-8-3-10(5-12(15)4-8)11-6-13-14(16-7-11)18-9(2)17-13/h3-7H,1-2H3,(H,16,17,18). The van der Waals surface area contributed by atoms with Crippen LogP contribution in [0.15, 0.2) is 30.5 Å². The van der Waals surface area contributed by atoms with Gasteiger partial charge in [0.05, 0.1) is 5.52 Å². The highest BCUT2D eigenvalue weighted by Crippen LogP contribution is 2.23. The minimum atomic E-state index is -0.231. The first-order valence-electron chi connectivity index (χ1n) is 5.72. The van der Waals surface area contributed by atoms with E-state index in [2.05, 4.69) is 15.0 Å². The second-order valence-electron chi connectivity index (χ2n) is 4.43. The maximum absolute atomic E-state index is 13.4. The van der Waals surface area contributed by atoms with E-state index in [1.54, 1.807) is 6.20 Å². The van der Waals surface area contributed by atoms with Gasteiger partial charge in [-0.05, 0) is 43.2 Å². The van der Waals surface area contributed by atoms with Crippen LogP contribution >= 0.6 is 0 Å². The lowest BCUT2D eigenvalue weighted by Gasteiger charge is -2.03. The van der Waals surface area contributed by atoms with Crippen LogP contribution in [0.2, 0.25) is 0 Å². The molecule has 0 unspecified atom stereocenters. The number of nitrogens with zero attached hydrogens (tertiary/aromatic N) is 2. The first-order chi connectivity index (χ1) is 8.61. The van der Waals surface area contributed by atoms with Crippen LogP contribution < -0.4 is 0 Å². The molecule has 1 aromatic carbocycles. The lowest BCUT2D eigenvalue weighted by Crippen LogP contribution is -1.85. The molecule has 2 heterocycles. The van der Waals surface area contributed by atoms with Gasteiger partial charge in [0.15, 0.2) is 5.65 Å². The van der Waals surface area contributed by atoms with Crippen molar-refractivity contribution in [3.63, 3.8) is 0 Å². The van der Waals surface area contributed by atoms with E-state index >= 15 is 0 Å². The number of fused-ring (bicyclic) bond motifs is 1. The van der Waals surface area contributed by atoms with E-state index < -0.39 is 0 Å². The zero-order valence-corrected chi connectivity index (χ0v) is 10.2. The van der Waals surface area contributed by atoms with E-state index in [4.69, 9.17) is 0 Å². The van der Waals surface area contributed by atoms with Gasteiger partial charge in [0.2, 0.25) is 0 Å². The van der Waals surface area contributed by atoms with Crippen LogP contribution in [0.5, 0.6) is 0 Å². The van der Waals surface area contributed by atoms with Crippen LogP contribution in [0.25, 0.3) is 22.3 Å². The van der Waals surface area contributed by atoms with Gasteiger partial charge in [0, 0.05) is 11.8 Å². The lowest BCUT2D eigenvalue weighted by atomic mass is 10.0. The number of pyridine rings is 1. The fourth-order valence-corrected chi connectivity index (χ4v) is 2.08. The number of imidazole rings is 1. The second-order valence-corrected chi connectivity index (χ2v) is 4.43. The normalized spacial score (nSPS) is 11.1. The van der Waals surface area contributed by atoms with Crippen molar-refractivity contribution in [3.05, 3.63) is 47.7 Å². The fourth-order valence-electron chi connectivity index (χ4n) is 2.08. The van der Waals surface area contributed by atoms with Gasteiger partial charge in [-0.15, -0.1) is 0 Å². The molecule has 3 rings (SSSR count). The molecule has 1 N–H and O–H groups in total. The van der Waals surface area contributed by atoms with Gasteiger partial charge in [0.25, 0.3) is 0 Å². The Hall–Kier alpha value is -2.23. The summed E-state index contributed by atoms with van der Waals surface area (Å²) in [7, 11) is 0. The molecule has 0 bridgehead atoms. The summed E-state index contributed by atoms with van der Waals surface area (Å²) in [5.74, 6) is 0.593. The first-order valence-corrected chi connectivity index (χ1v) is 5.72. The molecule has 0 amide bonds. The van der Waals surface area contributed by atoms with Crippen LogP contribution in [-0.4, -0.2) is 15.0 Å². The highest BCUT2D eigenvalue weighted by molar-refractivity contribution is 5.78. The van der Waals surface area contributed by atoms with Gasteiger partial charge in [0.1, 0.15) is 11.6 Å². The zero-order chi connectivity index (χ0) is 12.7. The second kappa shape index (κ2) is 3.91. The third kappa shape index (κ3) is 1.86. The van der Waals surface area contributed by atoms with Crippen molar-refractivity contribution in [2.45, 2.75) is 13.8 Å². The van der Waals surface area contributed by atoms with Gasteiger partial charge in [-0.1, -0.05) is 6.07 Å². The average molecular weight is 241 g/mol. The molecule has 90 valence electrons. The molecule has 0 saturated heterocycles. The molecule has 0 radical (unpaired) electrons. The average Bonchev–Trinajstić information content (AvgIpc) is 2.66. The van der Waals surface area contributed by atoms with Crippen molar-refractivity contribution in [3.8, 4) is 11.1 Å². The lowest BCUT2D eigenvalue weighted by molar-refractivity contribution is 0.627. The Balaban J connectivity index is 2.18. The van der Waals surface area contributed by atoms with E-state index in [-0.39, 0.29) is 5.82 Å². The third-order valence-electron chi connectivity index (χ3n) is 2.83. The Kier molecular flexibility index (Phi) is 2.37.